The van der Waals surface area contributed by atoms with Crippen LogP contribution in [0.25, 0.3) is 0 Å². The van der Waals surface area contributed by atoms with Crippen molar-refractivity contribution in [2.45, 2.75) is 13.5 Å². The van der Waals surface area contributed by atoms with Gasteiger partial charge >= 0.3 is 0 Å². The second-order valence-electron chi connectivity index (χ2n) is 4.19. The number of ether oxygens (including phenoxy) is 1. The Balaban J connectivity index is 2.22. The maximum absolute atomic E-state index is 5.90. The Kier molecular flexibility index (Phi) is 4.39. The molecule has 0 radical (unpaired) electrons. The maximum Gasteiger partial charge on any atom is 0.130 e. The van der Waals surface area contributed by atoms with Gasteiger partial charge in [-0.3, -0.25) is 0 Å². The van der Waals surface area contributed by atoms with Gasteiger partial charge < -0.3 is 10.1 Å². The lowest BCUT2D eigenvalue weighted by atomic mass is 10.1. The largest absolute Gasteiger partial charge is 0.457 e. The van der Waals surface area contributed by atoms with Crippen LogP contribution in [0.1, 0.15) is 11.1 Å². The van der Waals surface area contributed by atoms with E-state index in [2.05, 4.69) is 46.4 Å². The minimum Gasteiger partial charge on any atom is -0.457 e. The van der Waals surface area contributed by atoms with Crippen LogP contribution in [0.3, 0.4) is 0 Å². The molecule has 0 unspecified atom stereocenters. The molecule has 0 saturated heterocycles. The van der Waals surface area contributed by atoms with Crippen LogP contribution < -0.4 is 10.1 Å². The van der Waals surface area contributed by atoms with Crippen LogP contribution in [-0.4, -0.2) is 7.05 Å². The summed E-state index contributed by atoms with van der Waals surface area (Å²) < 4.78 is 6.95. The van der Waals surface area contributed by atoms with Crippen molar-refractivity contribution in [3.8, 4) is 11.5 Å². The summed E-state index contributed by atoms with van der Waals surface area (Å²) in [6, 6.07) is 14.1. The zero-order valence-corrected chi connectivity index (χ0v) is 12.1. The highest BCUT2D eigenvalue weighted by Crippen LogP contribution is 2.27. The third-order valence-corrected chi connectivity index (χ3v) is 3.20. The highest BCUT2D eigenvalue weighted by Gasteiger charge is 2.03. The Bertz CT molecular complexity index is 523. The number of aryl methyl sites for hydroxylation is 1. The van der Waals surface area contributed by atoms with Crippen LogP contribution in [0.2, 0.25) is 0 Å². The molecule has 0 heterocycles. The van der Waals surface area contributed by atoms with Crippen molar-refractivity contribution in [2.75, 3.05) is 7.05 Å². The molecular formula is C15H16BrNO. The van der Waals surface area contributed by atoms with E-state index in [0.29, 0.717) is 0 Å². The van der Waals surface area contributed by atoms with Crippen LogP contribution in [-0.2, 0) is 6.54 Å². The first-order valence-corrected chi connectivity index (χ1v) is 6.66. The molecule has 0 atom stereocenters. The number of hydrogen-bond donors (Lipinski definition) is 1. The molecule has 2 rings (SSSR count). The van der Waals surface area contributed by atoms with Gasteiger partial charge in [-0.15, -0.1) is 0 Å². The van der Waals surface area contributed by atoms with E-state index in [1.807, 2.05) is 31.3 Å². The molecule has 2 nitrogen and oxygen atoms in total. The van der Waals surface area contributed by atoms with Gasteiger partial charge in [0.1, 0.15) is 11.5 Å². The molecule has 0 aliphatic heterocycles. The molecule has 0 spiro atoms. The Morgan fingerprint density at radius 1 is 1.11 bits per heavy atom. The molecule has 3 heteroatoms. The number of benzene rings is 2. The molecule has 0 aliphatic carbocycles. The Hall–Kier alpha value is -1.32. The molecule has 2 aromatic rings. The lowest BCUT2D eigenvalue weighted by molar-refractivity contribution is 0.478. The normalized spacial score (nSPS) is 10.4. The van der Waals surface area contributed by atoms with E-state index in [9.17, 15) is 0 Å². The van der Waals surface area contributed by atoms with Crippen molar-refractivity contribution in [1.29, 1.82) is 0 Å². The van der Waals surface area contributed by atoms with Gasteiger partial charge in [0.25, 0.3) is 0 Å². The zero-order valence-electron chi connectivity index (χ0n) is 10.5. The Labute approximate surface area is 116 Å². The summed E-state index contributed by atoms with van der Waals surface area (Å²) >= 11 is 3.41. The van der Waals surface area contributed by atoms with Crippen LogP contribution in [0.5, 0.6) is 11.5 Å². The van der Waals surface area contributed by atoms with Crippen LogP contribution >= 0.6 is 15.9 Å². The predicted octanol–water partition coefficient (Wildman–Crippen LogP) is 4.27. The molecule has 2 aromatic carbocycles. The second kappa shape index (κ2) is 6.03. The predicted molar refractivity (Wildman–Crippen MR) is 78.2 cm³/mol. The molecule has 94 valence electrons. The summed E-state index contributed by atoms with van der Waals surface area (Å²) in [7, 11) is 1.94. The fraction of sp³-hybridized carbons (Fsp3) is 0.200. The molecule has 0 amide bonds. The fourth-order valence-corrected chi connectivity index (χ4v) is 1.96. The third kappa shape index (κ3) is 3.34. The molecule has 0 aliphatic rings. The van der Waals surface area contributed by atoms with Gasteiger partial charge in [-0.1, -0.05) is 28.1 Å². The standard InChI is InChI=1S/C15H16BrNO/c1-11-3-4-12(10-17-2)9-15(11)18-14-7-5-13(16)6-8-14/h3-9,17H,10H2,1-2H3. The van der Waals surface area contributed by atoms with Gasteiger partial charge in [-0.2, -0.15) is 0 Å². The molecule has 18 heavy (non-hydrogen) atoms. The van der Waals surface area contributed by atoms with Crippen molar-refractivity contribution in [2.24, 2.45) is 0 Å². The monoisotopic (exact) mass is 305 g/mol. The summed E-state index contributed by atoms with van der Waals surface area (Å²) in [5, 5.41) is 3.14. The van der Waals surface area contributed by atoms with E-state index in [1.165, 1.54) is 5.56 Å². The van der Waals surface area contributed by atoms with Crippen molar-refractivity contribution in [3.63, 3.8) is 0 Å². The van der Waals surface area contributed by atoms with Gasteiger partial charge in [0.05, 0.1) is 0 Å². The molecule has 0 bridgehead atoms. The van der Waals surface area contributed by atoms with Gasteiger partial charge in [0, 0.05) is 11.0 Å². The first-order chi connectivity index (χ1) is 8.69. The van der Waals surface area contributed by atoms with E-state index in [-0.39, 0.29) is 0 Å². The van der Waals surface area contributed by atoms with E-state index in [4.69, 9.17) is 4.74 Å². The lowest BCUT2D eigenvalue weighted by Crippen LogP contribution is -2.05. The summed E-state index contributed by atoms with van der Waals surface area (Å²) in [5.74, 6) is 1.76. The zero-order chi connectivity index (χ0) is 13.0. The van der Waals surface area contributed by atoms with Crippen molar-refractivity contribution < 1.29 is 4.74 Å². The highest BCUT2D eigenvalue weighted by molar-refractivity contribution is 9.10. The van der Waals surface area contributed by atoms with Crippen molar-refractivity contribution in [1.82, 2.24) is 5.32 Å². The van der Waals surface area contributed by atoms with E-state index in [0.717, 1.165) is 28.1 Å². The quantitative estimate of drug-likeness (QED) is 0.911. The SMILES string of the molecule is CNCc1ccc(C)c(Oc2ccc(Br)cc2)c1. The van der Waals surface area contributed by atoms with E-state index < -0.39 is 0 Å². The number of halogens is 1. The fourth-order valence-electron chi connectivity index (χ4n) is 1.70. The maximum atomic E-state index is 5.90. The number of nitrogens with one attached hydrogen (secondary N) is 1. The minimum atomic E-state index is 0.844. The molecule has 0 aromatic heterocycles. The first kappa shape index (κ1) is 13.1. The first-order valence-electron chi connectivity index (χ1n) is 5.86. The van der Waals surface area contributed by atoms with Gasteiger partial charge in [0.2, 0.25) is 0 Å². The Morgan fingerprint density at radius 3 is 2.50 bits per heavy atom. The molecular weight excluding hydrogens is 290 g/mol. The minimum absolute atomic E-state index is 0.844. The van der Waals surface area contributed by atoms with Gasteiger partial charge in [0.15, 0.2) is 0 Å². The molecule has 0 fully saturated rings. The summed E-state index contributed by atoms with van der Waals surface area (Å²) in [6.45, 7) is 2.90. The van der Waals surface area contributed by atoms with Crippen molar-refractivity contribution in [3.05, 3.63) is 58.1 Å². The number of rotatable bonds is 4. The summed E-state index contributed by atoms with van der Waals surface area (Å²) in [5.41, 5.74) is 2.35. The summed E-state index contributed by atoms with van der Waals surface area (Å²) in [6.07, 6.45) is 0. The highest BCUT2D eigenvalue weighted by atomic mass is 79.9. The molecule has 1 N–H and O–H groups in total. The van der Waals surface area contributed by atoms with E-state index >= 15 is 0 Å². The van der Waals surface area contributed by atoms with Gasteiger partial charge in [-0.25, -0.2) is 0 Å². The van der Waals surface area contributed by atoms with E-state index in [1.54, 1.807) is 0 Å². The number of hydrogen-bond acceptors (Lipinski definition) is 2. The van der Waals surface area contributed by atoms with Crippen LogP contribution in [0.4, 0.5) is 0 Å². The third-order valence-electron chi connectivity index (χ3n) is 2.67. The smallest absolute Gasteiger partial charge is 0.130 e. The lowest BCUT2D eigenvalue weighted by Gasteiger charge is -2.10. The van der Waals surface area contributed by atoms with Crippen molar-refractivity contribution >= 4 is 15.9 Å². The second-order valence-corrected chi connectivity index (χ2v) is 5.10. The average molecular weight is 306 g/mol. The summed E-state index contributed by atoms with van der Waals surface area (Å²) in [4.78, 5) is 0. The van der Waals surface area contributed by atoms with Crippen LogP contribution in [0.15, 0.2) is 46.9 Å². The molecule has 0 saturated carbocycles. The Morgan fingerprint density at radius 2 is 1.83 bits per heavy atom. The van der Waals surface area contributed by atoms with Crippen LogP contribution in [0, 0.1) is 6.92 Å². The topological polar surface area (TPSA) is 21.3 Å². The average Bonchev–Trinajstić information content (AvgIpc) is 2.36. The van der Waals surface area contributed by atoms with Gasteiger partial charge in [-0.05, 0) is 55.4 Å².